The number of benzene rings is 1. The average Bonchev–Trinajstić information content (AvgIpc) is 2.35. The zero-order valence-corrected chi connectivity index (χ0v) is 12.1. The van der Waals surface area contributed by atoms with Gasteiger partial charge in [0.2, 0.25) is 0 Å². The molecule has 0 N–H and O–H groups in total. The van der Waals surface area contributed by atoms with Crippen molar-refractivity contribution in [2.75, 3.05) is 0 Å². The third-order valence-electron chi connectivity index (χ3n) is 2.57. The number of unbranched alkanes of at least 4 members (excludes halogenated alkanes) is 5. The van der Waals surface area contributed by atoms with Crippen molar-refractivity contribution in [1.82, 2.24) is 0 Å². The molecule has 0 saturated carbocycles. The zero-order valence-electron chi connectivity index (χ0n) is 10.5. The molecule has 1 rings (SSSR count). The minimum Gasteiger partial charge on any atom is -0.0780 e. The van der Waals surface area contributed by atoms with Gasteiger partial charge in [0.1, 0.15) is 0 Å². The molecule has 0 spiro atoms. The van der Waals surface area contributed by atoms with Crippen molar-refractivity contribution in [3.05, 3.63) is 40.8 Å². The van der Waals surface area contributed by atoms with E-state index in [1.54, 1.807) is 11.8 Å². The highest BCUT2D eigenvalue weighted by Crippen LogP contribution is 2.29. The van der Waals surface area contributed by atoms with Gasteiger partial charge in [-0.05, 0) is 25.0 Å². The number of halogens is 1. The minimum atomic E-state index is 0.895. The molecule has 0 aliphatic carbocycles. The molecule has 1 aromatic rings. The maximum Gasteiger partial charge on any atom is 0.0742 e. The summed E-state index contributed by atoms with van der Waals surface area (Å²) in [6, 6.07) is 10.3. The van der Waals surface area contributed by atoms with Gasteiger partial charge in [-0.25, -0.2) is 0 Å². The van der Waals surface area contributed by atoms with Gasteiger partial charge in [-0.1, -0.05) is 80.2 Å². The smallest absolute Gasteiger partial charge is 0.0742 e. The van der Waals surface area contributed by atoms with Crippen molar-refractivity contribution in [3.63, 3.8) is 0 Å². The van der Waals surface area contributed by atoms with E-state index in [-0.39, 0.29) is 0 Å². The third-order valence-corrected chi connectivity index (χ3v) is 3.83. The first-order chi connectivity index (χ1) is 8.33. The van der Waals surface area contributed by atoms with Crippen LogP contribution in [0.2, 0.25) is 0 Å². The van der Waals surface area contributed by atoms with Crippen molar-refractivity contribution in [3.8, 4) is 0 Å². The van der Waals surface area contributed by atoms with E-state index in [0.29, 0.717) is 0 Å². The normalized spacial score (nSPS) is 11.8. The molecule has 0 aliphatic rings. The number of thioether (sulfide) groups is 1. The molecule has 0 unspecified atom stereocenters. The van der Waals surface area contributed by atoms with E-state index in [9.17, 15) is 0 Å². The van der Waals surface area contributed by atoms with E-state index in [1.165, 1.54) is 37.0 Å². The van der Waals surface area contributed by atoms with Crippen LogP contribution in [0.3, 0.4) is 0 Å². The Hall–Kier alpha value is -0.400. The summed E-state index contributed by atoms with van der Waals surface area (Å²) in [5, 5.41) is 0. The highest BCUT2D eigenvalue weighted by Gasteiger charge is 1.96. The Labute approximate surface area is 114 Å². The Morgan fingerprint density at radius 1 is 1.12 bits per heavy atom. The summed E-state index contributed by atoms with van der Waals surface area (Å²) < 4.78 is 0.895. The van der Waals surface area contributed by atoms with Gasteiger partial charge in [0.25, 0.3) is 0 Å². The predicted molar refractivity (Wildman–Crippen MR) is 79.6 cm³/mol. The molecule has 0 aliphatic heterocycles. The Bertz CT molecular complexity index is 319. The largest absolute Gasteiger partial charge is 0.0780 e. The van der Waals surface area contributed by atoms with Gasteiger partial charge in [-0.2, -0.15) is 0 Å². The molecule has 0 nitrogen and oxygen atoms in total. The van der Waals surface area contributed by atoms with E-state index in [1.807, 2.05) is 18.2 Å². The molecule has 1 aromatic carbocycles. The molecule has 0 heterocycles. The van der Waals surface area contributed by atoms with E-state index < -0.39 is 0 Å². The van der Waals surface area contributed by atoms with E-state index in [0.717, 1.165) is 10.8 Å². The van der Waals surface area contributed by atoms with Crippen LogP contribution in [0.15, 0.2) is 45.7 Å². The molecule has 0 aromatic heterocycles. The molecule has 0 bridgehead atoms. The molecule has 0 fully saturated rings. The maximum absolute atomic E-state index is 6.18. The van der Waals surface area contributed by atoms with Gasteiger partial charge in [-0.15, -0.1) is 0 Å². The fraction of sp³-hybridized carbons (Fsp3) is 0.467. The lowest BCUT2D eigenvalue weighted by molar-refractivity contribution is 0.637. The fourth-order valence-corrected chi connectivity index (χ4v) is 2.70. The predicted octanol–water partition coefficient (Wildman–Crippen LogP) is 6.22. The second kappa shape index (κ2) is 9.61. The summed E-state index contributed by atoms with van der Waals surface area (Å²) in [6.07, 6.45) is 9.84. The SMILES string of the molecule is CCCCCCC/C=C(\Cl)Sc1ccccc1. The lowest BCUT2D eigenvalue weighted by Gasteiger charge is -2.00. The van der Waals surface area contributed by atoms with Crippen molar-refractivity contribution < 1.29 is 0 Å². The van der Waals surface area contributed by atoms with E-state index >= 15 is 0 Å². The van der Waals surface area contributed by atoms with E-state index in [4.69, 9.17) is 11.6 Å². The lowest BCUT2D eigenvalue weighted by Crippen LogP contribution is -1.76. The first kappa shape index (κ1) is 14.7. The molecule has 94 valence electrons. The van der Waals surface area contributed by atoms with Gasteiger partial charge >= 0.3 is 0 Å². The van der Waals surface area contributed by atoms with Crippen LogP contribution in [0.5, 0.6) is 0 Å². The van der Waals surface area contributed by atoms with Crippen molar-refractivity contribution in [2.45, 2.75) is 50.3 Å². The van der Waals surface area contributed by atoms with E-state index in [2.05, 4.69) is 25.1 Å². The Morgan fingerprint density at radius 2 is 1.82 bits per heavy atom. The summed E-state index contributed by atoms with van der Waals surface area (Å²) in [5.41, 5.74) is 0. The number of rotatable bonds is 8. The number of hydrogen-bond donors (Lipinski definition) is 0. The van der Waals surface area contributed by atoms with Crippen molar-refractivity contribution in [2.24, 2.45) is 0 Å². The fourth-order valence-electron chi connectivity index (χ4n) is 1.61. The Morgan fingerprint density at radius 3 is 2.53 bits per heavy atom. The highest BCUT2D eigenvalue weighted by atomic mass is 35.5. The van der Waals surface area contributed by atoms with Crippen LogP contribution in [0.1, 0.15) is 45.4 Å². The van der Waals surface area contributed by atoms with Gasteiger partial charge in [-0.3, -0.25) is 0 Å². The standard InChI is InChI=1S/C15H21ClS/c1-2-3-4-5-6-10-13-15(16)17-14-11-8-7-9-12-14/h7-9,11-13H,2-6,10H2,1H3/b15-13+. The van der Waals surface area contributed by atoms with Crippen LogP contribution < -0.4 is 0 Å². The van der Waals surface area contributed by atoms with Crippen LogP contribution in [0, 0.1) is 0 Å². The summed E-state index contributed by atoms with van der Waals surface area (Å²) in [7, 11) is 0. The Balaban J connectivity index is 2.17. The summed E-state index contributed by atoms with van der Waals surface area (Å²) in [5.74, 6) is 0. The Kier molecular flexibility index (Phi) is 8.29. The topological polar surface area (TPSA) is 0 Å². The average molecular weight is 269 g/mol. The summed E-state index contributed by atoms with van der Waals surface area (Å²) in [4.78, 5) is 1.21. The minimum absolute atomic E-state index is 0.895. The van der Waals surface area contributed by atoms with Gasteiger partial charge in [0.15, 0.2) is 0 Å². The second-order valence-electron chi connectivity index (χ2n) is 4.13. The zero-order chi connectivity index (χ0) is 12.3. The lowest BCUT2D eigenvalue weighted by atomic mass is 10.1. The van der Waals surface area contributed by atoms with Gasteiger partial charge in [0.05, 0.1) is 4.36 Å². The highest BCUT2D eigenvalue weighted by molar-refractivity contribution is 8.04. The molecule has 0 saturated heterocycles. The first-order valence-corrected chi connectivity index (χ1v) is 7.61. The van der Waals surface area contributed by atoms with Crippen LogP contribution in [0.4, 0.5) is 0 Å². The van der Waals surface area contributed by atoms with Crippen LogP contribution in [-0.4, -0.2) is 0 Å². The third kappa shape index (κ3) is 7.51. The molecular formula is C15H21ClS. The summed E-state index contributed by atoms with van der Waals surface area (Å²) >= 11 is 7.82. The van der Waals surface area contributed by atoms with Crippen LogP contribution >= 0.6 is 23.4 Å². The quantitative estimate of drug-likeness (QED) is 0.398. The van der Waals surface area contributed by atoms with Crippen molar-refractivity contribution in [1.29, 1.82) is 0 Å². The summed E-state index contributed by atoms with van der Waals surface area (Å²) in [6.45, 7) is 2.24. The van der Waals surface area contributed by atoms with Gasteiger partial charge in [0, 0.05) is 4.90 Å². The molecule has 2 heteroatoms. The maximum atomic E-state index is 6.18. The number of allylic oxidation sites excluding steroid dienone is 1. The molecule has 0 radical (unpaired) electrons. The molecule has 0 atom stereocenters. The van der Waals surface area contributed by atoms with Gasteiger partial charge < -0.3 is 0 Å². The van der Waals surface area contributed by atoms with Crippen LogP contribution in [0.25, 0.3) is 0 Å². The van der Waals surface area contributed by atoms with Crippen LogP contribution in [-0.2, 0) is 0 Å². The second-order valence-corrected chi connectivity index (χ2v) is 5.87. The monoisotopic (exact) mass is 268 g/mol. The molecule has 0 amide bonds. The number of hydrogen-bond acceptors (Lipinski definition) is 1. The molecule has 17 heavy (non-hydrogen) atoms. The molecular weight excluding hydrogens is 248 g/mol. The van der Waals surface area contributed by atoms with Crippen molar-refractivity contribution >= 4 is 23.4 Å². The first-order valence-electron chi connectivity index (χ1n) is 6.41.